The number of likely N-dealkylation sites (N-methyl/N-ethyl adjacent to an activating group) is 1. The van der Waals surface area contributed by atoms with Crippen LogP contribution in [0.15, 0.2) is 29.2 Å². The molecule has 2 N–H and O–H groups in total. The van der Waals surface area contributed by atoms with E-state index in [9.17, 15) is 28.0 Å². The zero-order valence-electron chi connectivity index (χ0n) is 21.5. The second kappa shape index (κ2) is 10.7. The minimum atomic E-state index is -0.873. The summed E-state index contributed by atoms with van der Waals surface area (Å²) in [6.07, 6.45) is 3.06. The van der Waals surface area contributed by atoms with Crippen LogP contribution in [0.5, 0.6) is 5.75 Å². The monoisotopic (exact) mass is 545 g/mol. The SMILES string of the molecule is CN[C@@H](C)C(=O)OCOc1c2n(cc(C(=O)NCc3ccc(F)cc3F)c1=O)C[C@@H]1N(CC3CCCN31)C2=O. The lowest BCUT2D eigenvalue weighted by Crippen LogP contribution is -2.50. The van der Waals surface area contributed by atoms with Gasteiger partial charge in [-0.1, -0.05) is 6.07 Å². The Morgan fingerprint density at radius 2 is 2.00 bits per heavy atom. The molecule has 2 fully saturated rings. The Bertz CT molecular complexity index is 1380. The molecule has 13 heteroatoms. The number of pyridine rings is 1. The number of hydrogen-bond acceptors (Lipinski definition) is 8. The number of amides is 2. The van der Waals surface area contributed by atoms with Crippen molar-refractivity contribution in [3.05, 3.63) is 63.1 Å². The van der Waals surface area contributed by atoms with Crippen molar-refractivity contribution in [1.29, 1.82) is 0 Å². The molecule has 0 radical (unpaired) electrons. The first kappa shape index (κ1) is 26.8. The summed E-state index contributed by atoms with van der Waals surface area (Å²) >= 11 is 0. The van der Waals surface area contributed by atoms with Gasteiger partial charge in [0.05, 0.1) is 6.54 Å². The molecule has 2 amide bonds. The fourth-order valence-corrected chi connectivity index (χ4v) is 5.33. The van der Waals surface area contributed by atoms with Crippen molar-refractivity contribution in [1.82, 2.24) is 25.0 Å². The van der Waals surface area contributed by atoms with Gasteiger partial charge in [-0.3, -0.25) is 24.1 Å². The number of hydrogen-bond donors (Lipinski definition) is 2. The number of carbonyl (C=O) groups is 3. The first-order chi connectivity index (χ1) is 18.7. The predicted octanol–water partition coefficient (Wildman–Crippen LogP) is 0.804. The summed E-state index contributed by atoms with van der Waals surface area (Å²) in [6, 6.07) is 2.54. The topological polar surface area (TPSA) is 122 Å². The summed E-state index contributed by atoms with van der Waals surface area (Å²) in [5, 5.41) is 5.20. The van der Waals surface area contributed by atoms with Crippen molar-refractivity contribution in [2.24, 2.45) is 0 Å². The Kier molecular flexibility index (Phi) is 7.36. The smallest absolute Gasteiger partial charge is 0.325 e. The van der Waals surface area contributed by atoms with Crippen LogP contribution in [0, 0.1) is 11.6 Å². The average molecular weight is 546 g/mol. The first-order valence-electron chi connectivity index (χ1n) is 12.7. The minimum Gasteiger partial charge on any atom is -0.451 e. The summed E-state index contributed by atoms with van der Waals surface area (Å²) in [5.41, 5.74) is -1.20. The molecule has 3 atom stereocenters. The minimum absolute atomic E-state index is 0.0294. The van der Waals surface area contributed by atoms with Crippen LogP contribution in [-0.2, 0) is 22.6 Å². The molecular formula is C26H29F2N5O6. The zero-order valence-corrected chi connectivity index (χ0v) is 21.5. The molecule has 3 aliphatic heterocycles. The normalized spacial score (nSPS) is 20.7. The van der Waals surface area contributed by atoms with E-state index >= 15 is 0 Å². The Morgan fingerprint density at radius 3 is 2.74 bits per heavy atom. The van der Waals surface area contributed by atoms with Gasteiger partial charge in [0.1, 0.15) is 29.4 Å². The number of nitrogens with one attached hydrogen (secondary N) is 2. The van der Waals surface area contributed by atoms with E-state index in [4.69, 9.17) is 9.47 Å². The third kappa shape index (κ3) is 4.99. The molecule has 2 saturated heterocycles. The molecule has 0 spiro atoms. The van der Waals surface area contributed by atoms with E-state index in [2.05, 4.69) is 15.5 Å². The first-order valence-corrected chi connectivity index (χ1v) is 12.7. The van der Waals surface area contributed by atoms with Crippen molar-refractivity contribution in [2.75, 3.05) is 26.9 Å². The molecule has 0 aliphatic carbocycles. The second-order valence-electron chi connectivity index (χ2n) is 9.83. The van der Waals surface area contributed by atoms with E-state index in [1.54, 1.807) is 18.9 Å². The highest BCUT2D eigenvalue weighted by Crippen LogP contribution is 2.35. The van der Waals surface area contributed by atoms with Gasteiger partial charge in [0.25, 0.3) is 11.8 Å². The van der Waals surface area contributed by atoms with Crippen molar-refractivity contribution in [3.63, 3.8) is 0 Å². The maximum Gasteiger partial charge on any atom is 0.325 e. The van der Waals surface area contributed by atoms with Crippen LogP contribution < -0.4 is 20.8 Å². The molecule has 1 aromatic carbocycles. The molecule has 0 saturated carbocycles. The van der Waals surface area contributed by atoms with E-state index in [1.807, 2.05) is 0 Å². The predicted molar refractivity (Wildman–Crippen MR) is 133 cm³/mol. The number of halogens is 2. The summed E-state index contributed by atoms with van der Waals surface area (Å²) in [6.45, 7) is 2.30. The number of nitrogens with zero attached hydrogens (tertiary/aromatic N) is 3. The van der Waals surface area contributed by atoms with E-state index in [0.29, 0.717) is 19.2 Å². The third-order valence-electron chi connectivity index (χ3n) is 7.52. The Labute approximate surface area is 222 Å². The van der Waals surface area contributed by atoms with Gasteiger partial charge in [0, 0.05) is 43.5 Å². The van der Waals surface area contributed by atoms with Gasteiger partial charge < -0.3 is 29.6 Å². The van der Waals surface area contributed by atoms with Crippen LogP contribution in [0.4, 0.5) is 8.78 Å². The quantitative estimate of drug-likeness (QED) is 0.369. The van der Waals surface area contributed by atoms with E-state index < -0.39 is 53.4 Å². The Morgan fingerprint density at radius 1 is 1.21 bits per heavy atom. The molecule has 2 aromatic rings. The molecule has 5 rings (SSSR count). The average Bonchev–Trinajstić information content (AvgIpc) is 3.51. The lowest BCUT2D eigenvalue weighted by atomic mass is 10.1. The number of ether oxygens (including phenoxy) is 2. The van der Waals surface area contributed by atoms with Gasteiger partial charge in [-0.2, -0.15) is 0 Å². The fraction of sp³-hybridized carbons (Fsp3) is 0.462. The van der Waals surface area contributed by atoms with E-state index in [0.717, 1.165) is 25.5 Å². The largest absolute Gasteiger partial charge is 0.451 e. The van der Waals surface area contributed by atoms with Crippen molar-refractivity contribution in [2.45, 2.75) is 51.1 Å². The summed E-state index contributed by atoms with van der Waals surface area (Å²) in [5.74, 6) is -3.88. The molecule has 4 heterocycles. The zero-order chi connectivity index (χ0) is 27.8. The lowest BCUT2D eigenvalue weighted by molar-refractivity contribution is -0.152. The van der Waals surface area contributed by atoms with Gasteiger partial charge in [0.2, 0.25) is 18.0 Å². The number of rotatable bonds is 8. The van der Waals surface area contributed by atoms with Crippen LogP contribution in [0.3, 0.4) is 0 Å². The van der Waals surface area contributed by atoms with Crippen LogP contribution in [-0.4, -0.2) is 77.3 Å². The van der Waals surface area contributed by atoms with Gasteiger partial charge in [-0.05, 0) is 32.9 Å². The highest BCUT2D eigenvalue weighted by molar-refractivity contribution is 5.99. The van der Waals surface area contributed by atoms with E-state index in [-0.39, 0.29) is 35.6 Å². The fourth-order valence-electron chi connectivity index (χ4n) is 5.33. The van der Waals surface area contributed by atoms with Gasteiger partial charge in [-0.15, -0.1) is 0 Å². The van der Waals surface area contributed by atoms with Crippen LogP contribution >= 0.6 is 0 Å². The molecule has 0 bridgehead atoms. The Hall–Kier alpha value is -3.84. The molecule has 1 unspecified atom stereocenters. The van der Waals surface area contributed by atoms with Crippen LogP contribution in [0.25, 0.3) is 0 Å². The summed E-state index contributed by atoms with van der Waals surface area (Å²) in [7, 11) is 1.58. The van der Waals surface area contributed by atoms with Gasteiger partial charge >= 0.3 is 5.97 Å². The lowest BCUT2D eigenvalue weighted by Gasteiger charge is -2.36. The highest BCUT2D eigenvalue weighted by Gasteiger charge is 2.48. The molecular weight excluding hydrogens is 516 g/mol. The Balaban J connectivity index is 1.45. The molecule has 208 valence electrons. The maximum absolute atomic E-state index is 14.1. The highest BCUT2D eigenvalue weighted by atomic mass is 19.1. The van der Waals surface area contributed by atoms with Crippen LogP contribution in [0.1, 0.15) is 46.2 Å². The summed E-state index contributed by atoms with van der Waals surface area (Å²) in [4.78, 5) is 56.1. The van der Waals surface area contributed by atoms with Crippen molar-refractivity contribution < 1.29 is 32.6 Å². The van der Waals surface area contributed by atoms with Crippen molar-refractivity contribution >= 4 is 17.8 Å². The van der Waals surface area contributed by atoms with E-state index in [1.165, 1.54) is 16.8 Å². The number of aromatic nitrogens is 1. The van der Waals surface area contributed by atoms with Crippen LogP contribution in [0.2, 0.25) is 0 Å². The standard InChI is InChI=1S/C26H29F2N5O6/c1-14(29-2)26(37)39-13-38-23-21-25(36)33-10-17-4-3-7-32(17)20(33)12-31(21)11-18(22(23)34)24(35)30-9-15-5-6-16(27)8-19(15)28/h5-6,8,11,14,17,20,29H,3-4,7,9-10,12-13H2,1-2H3,(H,30,35)/t14-,17?,20-/m0/s1. The molecule has 11 nitrogen and oxygen atoms in total. The van der Waals surface area contributed by atoms with Crippen molar-refractivity contribution in [3.8, 4) is 5.75 Å². The maximum atomic E-state index is 14.1. The third-order valence-corrected chi connectivity index (χ3v) is 7.52. The number of fused-ring (bicyclic) bond motifs is 4. The van der Waals surface area contributed by atoms with Gasteiger partial charge in [-0.25, -0.2) is 8.78 Å². The molecule has 39 heavy (non-hydrogen) atoms. The number of benzene rings is 1. The number of esters is 1. The summed E-state index contributed by atoms with van der Waals surface area (Å²) < 4.78 is 39.5. The van der Waals surface area contributed by atoms with Gasteiger partial charge in [0.15, 0.2) is 5.69 Å². The molecule has 1 aromatic heterocycles. The molecule has 3 aliphatic rings. The second-order valence-corrected chi connectivity index (χ2v) is 9.83. The number of carbonyl (C=O) groups excluding carboxylic acids is 3.